The van der Waals surface area contributed by atoms with Crippen molar-refractivity contribution in [1.82, 2.24) is 24.9 Å². The standard InChI is InChI=1S/C20H30N6O2.HI/c1-14-7-6-10-25-11-15(23-17(14)25)8-9-22-18(21-5)24-16-12-26(13-16)19(27)28-20(2,3)4;/h6-7,10-11,16H,8-9,12-13H2,1-5H3,(H2,21,22,24);1H. The number of guanidine groups is 1. The van der Waals surface area contributed by atoms with Crippen molar-refractivity contribution in [3.63, 3.8) is 0 Å². The summed E-state index contributed by atoms with van der Waals surface area (Å²) in [5.74, 6) is 0.730. The lowest BCUT2D eigenvalue weighted by molar-refractivity contribution is 0.00701. The lowest BCUT2D eigenvalue weighted by atomic mass is 10.1. The van der Waals surface area contributed by atoms with Crippen LogP contribution < -0.4 is 10.6 Å². The molecule has 9 heteroatoms. The van der Waals surface area contributed by atoms with Crippen LogP contribution in [0.3, 0.4) is 0 Å². The molecule has 0 aliphatic carbocycles. The van der Waals surface area contributed by atoms with E-state index < -0.39 is 5.60 Å². The Hall–Kier alpha value is -2.04. The van der Waals surface area contributed by atoms with Crippen LogP contribution in [0.2, 0.25) is 0 Å². The van der Waals surface area contributed by atoms with Gasteiger partial charge in [-0.25, -0.2) is 9.78 Å². The minimum absolute atomic E-state index is 0. The van der Waals surface area contributed by atoms with Gasteiger partial charge in [0.05, 0.1) is 11.7 Å². The van der Waals surface area contributed by atoms with Crippen molar-refractivity contribution in [2.24, 2.45) is 4.99 Å². The maximum Gasteiger partial charge on any atom is 0.410 e. The molecular weight excluding hydrogens is 483 g/mol. The Balaban J connectivity index is 0.00000300. The van der Waals surface area contributed by atoms with Gasteiger partial charge in [0.15, 0.2) is 5.96 Å². The highest BCUT2D eigenvalue weighted by Gasteiger charge is 2.34. The van der Waals surface area contributed by atoms with Crippen LogP contribution in [-0.4, -0.2) is 64.7 Å². The van der Waals surface area contributed by atoms with Crippen LogP contribution in [0, 0.1) is 6.92 Å². The van der Waals surface area contributed by atoms with Crippen molar-refractivity contribution < 1.29 is 9.53 Å². The van der Waals surface area contributed by atoms with E-state index in [1.54, 1.807) is 11.9 Å². The van der Waals surface area contributed by atoms with Gasteiger partial charge in [0.25, 0.3) is 0 Å². The van der Waals surface area contributed by atoms with Crippen molar-refractivity contribution in [3.05, 3.63) is 35.8 Å². The highest BCUT2D eigenvalue weighted by atomic mass is 127. The molecule has 0 aromatic carbocycles. The molecular formula is C20H31IN6O2. The van der Waals surface area contributed by atoms with Crippen LogP contribution >= 0.6 is 24.0 Å². The van der Waals surface area contributed by atoms with Gasteiger partial charge in [-0.05, 0) is 39.3 Å². The molecule has 3 rings (SSSR count). The molecule has 0 radical (unpaired) electrons. The third-order valence-electron chi connectivity index (χ3n) is 4.50. The van der Waals surface area contributed by atoms with Crippen molar-refractivity contribution in [1.29, 1.82) is 0 Å². The zero-order chi connectivity index (χ0) is 20.3. The summed E-state index contributed by atoms with van der Waals surface area (Å²) < 4.78 is 7.43. The van der Waals surface area contributed by atoms with Crippen molar-refractivity contribution >= 4 is 41.7 Å². The number of carbonyl (C=O) groups excluding carboxylic acids is 1. The quantitative estimate of drug-likeness (QED) is 0.373. The average Bonchev–Trinajstić information content (AvgIpc) is 2.98. The van der Waals surface area contributed by atoms with E-state index in [0.717, 1.165) is 30.3 Å². The van der Waals surface area contributed by atoms with Crippen LogP contribution in [0.1, 0.15) is 32.0 Å². The number of fused-ring (bicyclic) bond motifs is 1. The third-order valence-corrected chi connectivity index (χ3v) is 4.50. The molecule has 3 heterocycles. The number of aromatic nitrogens is 2. The second-order valence-corrected chi connectivity index (χ2v) is 8.13. The molecule has 0 saturated carbocycles. The fourth-order valence-corrected chi connectivity index (χ4v) is 3.07. The minimum atomic E-state index is -0.469. The Morgan fingerprint density at radius 2 is 2.10 bits per heavy atom. The number of nitrogens with one attached hydrogen (secondary N) is 2. The fourth-order valence-electron chi connectivity index (χ4n) is 3.07. The number of hydrogen-bond acceptors (Lipinski definition) is 4. The molecule has 8 nitrogen and oxygen atoms in total. The second kappa shape index (κ2) is 9.64. The Bertz CT molecular complexity index is 867. The molecule has 0 spiro atoms. The Morgan fingerprint density at radius 1 is 1.38 bits per heavy atom. The van der Waals surface area contributed by atoms with Crippen LogP contribution in [0.4, 0.5) is 4.79 Å². The molecule has 1 amide bonds. The summed E-state index contributed by atoms with van der Waals surface area (Å²) >= 11 is 0. The Kier molecular flexibility index (Phi) is 7.73. The van der Waals surface area contributed by atoms with Gasteiger partial charge < -0.3 is 24.7 Å². The molecule has 1 saturated heterocycles. The number of aryl methyl sites for hydroxylation is 1. The van der Waals surface area contributed by atoms with E-state index in [-0.39, 0.29) is 36.1 Å². The molecule has 160 valence electrons. The van der Waals surface area contributed by atoms with E-state index in [0.29, 0.717) is 13.1 Å². The lowest BCUT2D eigenvalue weighted by Gasteiger charge is -2.40. The van der Waals surface area contributed by atoms with Crippen LogP contribution in [0.5, 0.6) is 0 Å². The van der Waals surface area contributed by atoms with Crippen LogP contribution in [0.25, 0.3) is 5.65 Å². The summed E-state index contributed by atoms with van der Waals surface area (Å²) in [7, 11) is 1.74. The van der Waals surface area contributed by atoms with Crippen molar-refractivity contribution in [3.8, 4) is 0 Å². The van der Waals surface area contributed by atoms with Gasteiger partial charge in [0.1, 0.15) is 11.2 Å². The molecule has 2 N–H and O–H groups in total. The molecule has 0 unspecified atom stereocenters. The first-order chi connectivity index (χ1) is 13.2. The monoisotopic (exact) mass is 514 g/mol. The van der Waals surface area contributed by atoms with Crippen LogP contribution in [-0.2, 0) is 11.2 Å². The van der Waals surface area contributed by atoms with Gasteiger partial charge in [-0.2, -0.15) is 0 Å². The van der Waals surface area contributed by atoms with E-state index >= 15 is 0 Å². The lowest BCUT2D eigenvalue weighted by Crippen LogP contribution is -2.63. The number of nitrogens with zero attached hydrogens (tertiary/aromatic N) is 4. The first-order valence-corrected chi connectivity index (χ1v) is 9.63. The van der Waals surface area contributed by atoms with E-state index in [2.05, 4.69) is 44.2 Å². The van der Waals surface area contributed by atoms with Gasteiger partial charge in [-0.15, -0.1) is 24.0 Å². The zero-order valence-electron chi connectivity index (χ0n) is 17.7. The van der Waals surface area contributed by atoms with Crippen molar-refractivity contribution in [2.75, 3.05) is 26.7 Å². The van der Waals surface area contributed by atoms with E-state index in [1.165, 1.54) is 5.56 Å². The molecule has 0 bridgehead atoms. The number of likely N-dealkylation sites (tertiary alicyclic amines) is 1. The number of hydrogen-bond donors (Lipinski definition) is 2. The van der Waals surface area contributed by atoms with E-state index in [4.69, 9.17) is 4.74 Å². The second-order valence-electron chi connectivity index (χ2n) is 8.13. The van der Waals surface area contributed by atoms with Gasteiger partial charge in [-0.1, -0.05) is 6.07 Å². The summed E-state index contributed by atoms with van der Waals surface area (Å²) in [6.45, 7) is 9.63. The maximum absolute atomic E-state index is 12.0. The largest absolute Gasteiger partial charge is 0.444 e. The van der Waals surface area contributed by atoms with Gasteiger partial charge in [0.2, 0.25) is 0 Å². The van der Waals surface area contributed by atoms with E-state index in [9.17, 15) is 4.79 Å². The topological polar surface area (TPSA) is 83.3 Å². The SMILES string of the molecule is CN=C(NCCc1cn2cccc(C)c2n1)NC1CN(C(=O)OC(C)(C)C)C1.I. The number of ether oxygens (including phenoxy) is 1. The Labute approximate surface area is 189 Å². The maximum atomic E-state index is 12.0. The molecule has 0 atom stereocenters. The average molecular weight is 514 g/mol. The number of pyridine rings is 1. The Morgan fingerprint density at radius 3 is 2.72 bits per heavy atom. The van der Waals surface area contributed by atoms with E-state index in [1.807, 2.05) is 33.0 Å². The predicted molar refractivity (Wildman–Crippen MR) is 125 cm³/mol. The van der Waals surface area contributed by atoms with Crippen LogP contribution in [0.15, 0.2) is 29.5 Å². The summed E-state index contributed by atoms with van der Waals surface area (Å²) in [6, 6.07) is 4.27. The first kappa shape index (κ1) is 23.2. The molecule has 29 heavy (non-hydrogen) atoms. The smallest absolute Gasteiger partial charge is 0.410 e. The van der Waals surface area contributed by atoms with Gasteiger partial charge >= 0.3 is 6.09 Å². The van der Waals surface area contributed by atoms with Gasteiger partial charge in [0, 0.05) is 45.5 Å². The van der Waals surface area contributed by atoms with Gasteiger partial charge in [-0.3, -0.25) is 4.99 Å². The number of carbonyl (C=O) groups is 1. The molecule has 1 aliphatic rings. The number of halogens is 1. The third kappa shape index (κ3) is 6.22. The van der Waals surface area contributed by atoms with Crippen molar-refractivity contribution in [2.45, 2.75) is 45.8 Å². The number of rotatable bonds is 4. The predicted octanol–water partition coefficient (Wildman–Crippen LogP) is 2.59. The first-order valence-electron chi connectivity index (χ1n) is 9.63. The zero-order valence-corrected chi connectivity index (χ0v) is 20.1. The summed E-state index contributed by atoms with van der Waals surface area (Å²) in [5.41, 5.74) is 2.73. The number of aliphatic imine (C=N–C) groups is 1. The summed E-state index contributed by atoms with van der Waals surface area (Å²) in [6.07, 6.45) is 4.61. The number of imidazole rings is 1. The summed E-state index contributed by atoms with van der Waals surface area (Å²) in [4.78, 5) is 22.6. The molecule has 2 aromatic rings. The fraction of sp³-hybridized carbons (Fsp3) is 0.550. The molecule has 1 fully saturated rings. The summed E-state index contributed by atoms with van der Waals surface area (Å²) in [5, 5.41) is 6.65. The highest BCUT2D eigenvalue weighted by molar-refractivity contribution is 14.0. The normalized spacial score (nSPS) is 14.9. The minimum Gasteiger partial charge on any atom is -0.444 e. The number of amides is 1. The highest BCUT2D eigenvalue weighted by Crippen LogP contribution is 2.15. The molecule has 2 aromatic heterocycles. The molecule has 1 aliphatic heterocycles.